The summed E-state index contributed by atoms with van der Waals surface area (Å²) >= 11 is 0. The highest BCUT2D eigenvalue weighted by Crippen LogP contribution is 2.49. The number of rotatable bonds is 3. The van der Waals surface area contributed by atoms with Crippen molar-refractivity contribution < 1.29 is 42.1 Å². The monoisotopic (exact) mass is 466 g/mol. The van der Waals surface area contributed by atoms with Gasteiger partial charge in [-0.1, -0.05) is 12.1 Å². The molecule has 3 aromatic carbocycles. The molecule has 2 aliphatic rings. The Morgan fingerprint density at radius 2 is 1.65 bits per heavy atom. The lowest BCUT2D eigenvalue weighted by Gasteiger charge is -2.26. The number of hydrogen-bond donors (Lipinski definition) is 1. The number of fused-ring (bicyclic) bond motifs is 3. The number of allylic oxidation sites excluding steroid dienone is 1. The van der Waals surface area contributed by atoms with Crippen LogP contribution in [-0.4, -0.2) is 22.8 Å². The van der Waals surface area contributed by atoms with Crippen LogP contribution in [0.25, 0.3) is 6.08 Å². The number of carbonyl (C=O) groups excluding carboxylic acids is 2. The van der Waals surface area contributed by atoms with Crippen LogP contribution in [0.1, 0.15) is 49.7 Å². The van der Waals surface area contributed by atoms with Crippen molar-refractivity contribution in [1.82, 2.24) is 0 Å². The SMILES string of the molecule is O=C1C[C@H](c2ccc(C(=O)O)cc2)c2c(ccc3c2O/C(=C\c2cc(F)c(F)c(F)c2)C3=O)O1. The van der Waals surface area contributed by atoms with Crippen molar-refractivity contribution >= 4 is 23.8 Å². The van der Waals surface area contributed by atoms with Crippen LogP contribution in [-0.2, 0) is 4.79 Å². The van der Waals surface area contributed by atoms with Crippen LogP contribution in [0.4, 0.5) is 13.2 Å². The van der Waals surface area contributed by atoms with Gasteiger partial charge in [0.1, 0.15) is 11.5 Å². The predicted octanol–water partition coefficient (Wildman–Crippen LogP) is 4.86. The number of esters is 1. The lowest BCUT2D eigenvalue weighted by molar-refractivity contribution is -0.135. The normalized spacial score (nSPS) is 17.7. The second-order valence-corrected chi connectivity index (χ2v) is 7.75. The first kappa shape index (κ1) is 21.4. The lowest BCUT2D eigenvalue weighted by Crippen LogP contribution is -2.21. The van der Waals surface area contributed by atoms with Gasteiger partial charge in [0.2, 0.25) is 5.78 Å². The van der Waals surface area contributed by atoms with Gasteiger partial charge in [-0.2, -0.15) is 0 Å². The van der Waals surface area contributed by atoms with E-state index in [2.05, 4.69) is 0 Å². The summed E-state index contributed by atoms with van der Waals surface area (Å²) in [6.45, 7) is 0. The van der Waals surface area contributed by atoms with Gasteiger partial charge in [0.05, 0.1) is 17.5 Å². The summed E-state index contributed by atoms with van der Waals surface area (Å²) < 4.78 is 51.6. The number of carboxylic acids is 1. The molecule has 0 saturated heterocycles. The molecule has 170 valence electrons. The molecule has 2 heterocycles. The van der Waals surface area contributed by atoms with Crippen LogP contribution in [0.2, 0.25) is 0 Å². The van der Waals surface area contributed by atoms with E-state index in [1.807, 2.05) is 0 Å². The Hall–Kier alpha value is -4.40. The van der Waals surface area contributed by atoms with Crippen molar-refractivity contribution in [2.45, 2.75) is 12.3 Å². The molecule has 1 N–H and O–H groups in total. The molecule has 9 heteroatoms. The molecule has 34 heavy (non-hydrogen) atoms. The highest BCUT2D eigenvalue weighted by Gasteiger charge is 2.38. The average Bonchev–Trinajstić information content (AvgIpc) is 3.12. The molecule has 1 atom stereocenters. The van der Waals surface area contributed by atoms with Gasteiger partial charge < -0.3 is 14.6 Å². The highest BCUT2D eigenvalue weighted by atomic mass is 19.2. The Bertz CT molecular complexity index is 1400. The van der Waals surface area contributed by atoms with E-state index in [-0.39, 0.29) is 40.4 Å². The maximum Gasteiger partial charge on any atom is 0.335 e. The van der Waals surface area contributed by atoms with Crippen LogP contribution in [0.3, 0.4) is 0 Å². The summed E-state index contributed by atoms with van der Waals surface area (Å²) in [4.78, 5) is 36.3. The number of ketones is 1. The Morgan fingerprint density at radius 3 is 2.29 bits per heavy atom. The van der Waals surface area contributed by atoms with E-state index in [0.29, 0.717) is 11.1 Å². The third kappa shape index (κ3) is 3.51. The minimum Gasteiger partial charge on any atom is -0.478 e. The molecule has 0 aromatic heterocycles. The smallest absolute Gasteiger partial charge is 0.335 e. The van der Waals surface area contributed by atoms with Gasteiger partial charge in [0, 0.05) is 11.5 Å². The number of ether oxygens (including phenoxy) is 2. The van der Waals surface area contributed by atoms with Gasteiger partial charge in [-0.25, -0.2) is 18.0 Å². The number of Topliss-reactive ketones (excluding diaryl/α,β-unsaturated/α-hetero) is 1. The summed E-state index contributed by atoms with van der Waals surface area (Å²) in [6.07, 6.45) is 1.01. The van der Waals surface area contributed by atoms with Crippen LogP contribution < -0.4 is 9.47 Å². The van der Waals surface area contributed by atoms with E-state index in [1.54, 1.807) is 12.1 Å². The number of carbonyl (C=O) groups is 3. The molecular formula is C25H13F3O6. The fraction of sp³-hybridized carbons (Fsp3) is 0.0800. The molecule has 0 aliphatic carbocycles. The Kier molecular flexibility index (Phi) is 4.97. The van der Waals surface area contributed by atoms with Crippen molar-refractivity contribution in [3.05, 3.63) is 99.6 Å². The molecule has 0 unspecified atom stereocenters. The zero-order valence-electron chi connectivity index (χ0n) is 17.1. The zero-order valence-corrected chi connectivity index (χ0v) is 17.1. The van der Waals surface area contributed by atoms with Gasteiger partial charge in [0.25, 0.3) is 0 Å². The van der Waals surface area contributed by atoms with Gasteiger partial charge in [-0.3, -0.25) is 9.59 Å². The molecular weight excluding hydrogens is 453 g/mol. The minimum absolute atomic E-state index is 0.0658. The van der Waals surface area contributed by atoms with Crippen molar-refractivity contribution in [3.63, 3.8) is 0 Å². The molecule has 5 rings (SSSR count). The van der Waals surface area contributed by atoms with Gasteiger partial charge in [0.15, 0.2) is 23.2 Å². The molecule has 0 amide bonds. The van der Waals surface area contributed by atoms with E-state index >= 15 is 0 Å². The maximum atomic E-state index is 13.6. The van der Waals surface area contributed by atoms with E-state index in [4.69, 9.17) is 14.6 Å². The highest BCUT2D eigenvalue weighted by molar-refractivity contribution is 6.15. The topological polar surface area (TPSA) is 89.9 Å². The molecule has 3 aromatic rings. The van der Waals surface area contributed by atoms with Crippen molar-refractivity contribution in [2.75, 3.05) is 0 Å². The first-order chi connectivity index (χ1) is 16.2. The van der Waals surface area contributed by atoms with Gasteiger partial charge >= 0.3 is 11.9 Å². The summed E-state index contributed by atoms with van der Waals surface area (Å²) in [6, 6.07) is 10.2. The second kappa shape index (κ2) is 7.87. The van der Waals surface area contributed by atoms with Crippen LogP contribution in [0, 0.1) is 17.5 Å². The molecule has 6 nitrogen and oxygen atoms in total. The fourth-order valence-corrected chi connectivity index (χ4v) is 4.06. The van der Waals surface area contributed by atoms with Crippen LogP contribution in [0.5, 0.6) is 11.5 Å². The van der Waals surface area contributed by atoms with E-state index in [0.717, 1.165) is 18.2 Å². The third-order valence-corrected chi connectivity index (χ3v) is 5.64. The predicted molar refractivity (Wildman–Crippen MR) is 111 cm³/mol. The van der Waals surface area contributed by atoms with Crippen molar-refractivity contribution in [3.8, 4) is 11.5 Å². The van der Waals surface area contributed by atoms with Gasteiger partial charge in [-0.15, -0.1) is 0 Å². The Morgan fingerprint density at radius 1 is 0.971 bits per heavy atom. The van der Waals surface area contributed by atoms with E-state index in [9.17, 15) is 27.6 Å². The Balaban J connectivity index is 1.59. The standard InChI is InChI=1S/C25H13F3O6/c26-16-7-11(8-17(27)22(16)28)9-19-23(30)14-5-6-18-21(24(14)34-19)15(10-20(29)33-18)12-1-3-13(4-2-12)25(31)32/h1-9,15H,10H2,(H,31,32)/b19-9-/t15-/m1/s1. The van der Waals surface area contributed by atoms with Crippen LogP contribution in [0.15, 0.2) is 54.3 Å². The van der Waals surface area contributed by atoms with Crippen molar-refractivity contribution in [1.29, 1.82) is 0 Å². The second-order valence-electron chi connectivity index (χ2n) is 7.75. The summed E-state index contributed by atoms with van der Waals surface area (Å²) in [7, 11) is 0. The zero-order chi connectivity index (χ0) is 24.1. The summed E-state index contributed by atoms with van der Waals surface area (Å²) in [5.41, 5.74) is 1.11. The fourth-order valence-electron chi connectivity index (χ4n) is 4.06. The first-order valence-corrected chi connectivity index (χ1v) is 10.0. The van der Waals surface area contributed by atoms with E-state index < -0.39 is 41.1 Å². The maximum absolute atomic E-state index is 13.6. The molecule has 0 radical (unpaired) electrons. The summed E-state index contributed by atoms with van der Waals surface area (Å²) in [5, 5.41) is 9.14. The largest absolute Gasteiger partial charge is 0.478 e. The average molecular weight is 466 g/mol. The number of hydrogen-bond acceptors (Lipinski definition) is 5. The Labute approximate surface area is 189 Å². The van der Waals surface area contributed by atoms with Crippen LogP contribution >= 0.6 is 0 Å². The summed E-state index contributed by atoms with van der Waals surface area (Å²) in [5.74, 6) is -7.19. The molecule has 0 saturated carbocycles. The van der Waals surface area contributed by atoms with E-state index in [1.165, 1.54) is 24.3 Å². The number of benzene rings is 3. The van der Waals surface area contributed by atoms with Gasteiger partial charge in [-0.05, 0) is 53.6 Å². The molecule has 0 spiro atoms. The minimum atomic E-state index is -1.63. The molecule has 0 fully saturated rings. The molecule has 0 bridgehead atoms. The van der Waals surface area contributed by atoms with Crippen molar-refractivity contribution in [2.24, 2.45) is 0 Å². The molecule has 2 aliphatic heterocycles. The quantitative estimate of drug-likeness (QED) is 0.257. The third-order valence-electron chi connectivity index (χ3n) is 5.64. The lowest BCUT2D eigenvalue weighted by atomic mass is 9.84. The number of aromatic carboxylic acids is 1. The number of halogens is 3. The first-order valence-electron chi connectivity index (χ1n) is 10.0. The number of carboxylic acid groups (broad SMARTS) is 1.